The van der Waals surface area contributed by atoms with Gasteiger partial charge >= 0.3 is 5.97 Å². The van der Waals surface area contributed by atoms with Crippen molar-refractivity contribution in [3.05, 3.63) is 35.9 Å². The molecule has 0 heterocycles. The van der Waals surface area contributed by atoms with Crippen LogP contribution in [-0.4, -0.2) is 11.1 Å². The van der Waals surface area contributed by atoms with Gasteiger partial charge in [-0.15, -0.1) is 0 Å². The molecule has 0 radical (unpaired) electrons. The maximum Gasteiger partial charge on any atom is 0.303 e. The fourth-order valence-electron chi connectivity index (χ4n) is 2.10. The Kier molecular flexibility index (Phi) is 5.93. The largest absolute Gasteiger partial charge is 0.481 e. The molecule has 1 rings (SSSR count). The van der Waals surface area contributed by atoms with Gasteiger partial charge in [0.15, 0.2) is 0 Å². The topological polar surface area (TPSA) is 61.1 Å². The lowest BCUT2D eigenvalue weighted by Gasteiger charge is -2.17. The number of hydrogen-bond acceptors (Lipinski definition) is 2. The van der Waals surface area contributed by atoms with Crippen LogP contribution in [0.25, 0.3) is 0 Å². The third-order valence-electron chi connectivity index (χ3n) is 3.27. The lowest BCUT2D eigenvalue weighted by molar-refractivity contribution is -0.137. The molecule has 0 aliphatic heterocycles. The van der Waals surface area contributed by atoms with Crippen molar-refractivity contribution < 1.29 is 9.90 Å². The first-order chi connectivity index (χ1) is 8.67. The lowest BCUT2D eigenvalue weighted by Crippen LogP contribution is -2.08. The molecule has 2 atom stereocenters. The second-order valence-corrected chi connectivity index (χ2v) is 4.53. The van der Waals surface area contributed by atoms with E-state index in [1.807, 2.05) is 37.3 Å². The predicted octanol–water partition coefficient (Wildman–Crippen LogP) is 3.57. The highest BCUT2D eigenvalue weighted by Crippen LogP contribution is 2.27. The molecule has 2 unspecified atom stereocenters. The van der Waals surface area contributed by atoms with Gasteiger partial charge in [-0.25, -0.2) is 0 Å². The summed E-state index contributed by atoms with van der Waals surface area (Å²) in [5, 5.41) is 17.9. The molecule has 0 saturated carbocycles. The normalized spacial score (nSPS) is 13.6. The van der Waals surface area contributed by atoms with Crippen molar-refractivity contribution in [2.75, 3.05) is 0 Å². The molecule has 0 aromatic heterocycles. The monoisotopic (exact) mass is 245 g/mol. The summed E-state index contributed by atoms with van der Waals surface area (Å²) in [4.78, 5) is 10.6. The van der Waals surface area contributed by atoms with Gasteiger partial charge in [0.2, 0.25) is 0 Å². The predicted molar refractivity (Wildman–Crippen MR) is 70.1 cm³/mol. The lowest BCUT2D eigenvalue weighted by atomic mass is 9.86. The van der Waals surface area contributed by atoms with Crippen LogP contribution in [-0.2, 0) is 4.79 Å². The summed E-state index contributed by atoms with van der Waals surface area (Å²) in [5.41, 5.74) is 1.02. The number of carbonyl (C=O) groups is 1. The highest BCUT2D eigenvalue weighted by molar-refractivity contribution is 5.66. The first-order valence-electron chi connectivity index (χ1n) is 6.33. The van der Waals surface area contributed by atoms with E-state index in [1.165, 1.54) is 0 Å². The van der Waals surface area contributed by atoms with Gasteiger partial charge in [-0.1, -0.05) is 43.7 Å². The molecule has 0 amide bonds. The zero-order valence-electron chi connectivity index (χ0n) is 10.7. The molecule has 0 fully saturated rings. The summed E-state index contributed by atoms with van der Waals surface area (Å²) in [6.45, 7) is 2.05. The number of carboxylic acid groups (broad SMARTS) is 1. The van der Waals surface area contributed by atoms with Gasteiger partial charge in [0, 0.05) is 6.42 Å². The third-order valence-corrected chi connectivity index (χ3v) is 3.27. The number of hydrogen-bond donors (Lipinski definition) is 1. The Hall–Kier alpha value is -1.82. The van der Waals surface area contributed by atoms with Crippen molar-refractivity contribution in [1.29, 1.82) is 5.26 Å². The number of carboxylic acids is 1. The first kappa shape index (κ1) is 14.2. The molecule has 3 heteroatoms. The summed E-state index contributed by atoms with van der Waals surface area (Å²) in [6, 6.07) is 12.0. The SMILES string of the molecule is CCC(CCC(=O)O)CC(C#N)c1ccccc1. The van der Waals surface area contributed by atoms with E-state index in [2.05, 4.69) is 6.07 Å². The quantitative estimate of drug-likeness (QED) is 0.798. The number of nitrogens with zero attached hydrogens (tertiary/aromatic N) is 1. The fourth-order valence-corrected chi connectivity index (χ4v) is 2.10. The highest BCUT2D eigenvalue weighted by Gasteiger charge is 2.17. The zero-order chi connectivity index (χ0) is 13.4. The molecule has 18 heavy (non-hydrogen) atoms. The smallest absolute Gasteiger partial charge is 0.303 e. The van der Waals surface area contributed by atoms with Crippen molar-refractivity contribution >= 4 is 5.97 Å². The second kappa shape index (κ2) is 7.50. The van der Waals surface area contributed by atoms with E-state index in [-0.39, 0.29) is 12.3 Å². The Labute approximate surface area is 108 Å². The molecule has 3 nitrogen and oxygen atoms in total. The maximum absolute atomic E-state index is 10.6. The standard InChI is InChI=1S/C15H19NO2/c1-2-12(8-9-15(17)18)10-14(11-16)13-6-4-3-5-7-13/h3-7,12,14H,2,8-10H2,1H3,(H,17,18). The van der Waals surface area contributed by atoms with Gasteiger partial charge in [-0.05, 0) is 24.3 Å². The van der Waals surface area contributed by atoms with Crippen LogP contribution < -0.4 is 0 Å². The van der Waals surface area contributed by atoms with Crippen LogP contribution in [0, 0.1) is 17.2 Å². The summed E-state index contributed by atoms with van der Waals surface area (Å²) < 4.78 is 0. The van der Waals surface area contributed by atoms with Crippen LogP contribution in [0.4, 0.5) is 0 Å². The van der Waals surface area contributed by atoms with Gasteiger partial charge in [0.25, 0.3) is 0 Å². The minimum Gasteiger partial charge on any atom is -0.481 e. The molecular weight excluding hydrogens is 226 g/mol. The fraction of sp³-hybridized carbons (Fsp3) is 0.467. The number of aliphatic carboxylic acids is 1. The van der Waals surface area contributed by atoms with Crippen molar-refractivity contribution in [3.63, 3.8) is 0 Å². The average molecular weight is 245 g/mol. The van der Waals surface area contributed by atoms with E-state index in [4.69, 9.17) is 5.11 Å². The minimum atomic E-state index is -0.762. The molecule has 1 N–H and O–H groups in total. The molecule has 0 aliphatic carbocycles. The second-order valence-electron chi connectivity index (χ2n) is 4.53. The first-order valence-corrected chi connectivity index (χ1v) is 6.33. The van der Waals surface area contributed by atoms with Crippen LogP contribution in [0.2, 0.25) is 0 Å². The van der Waals surface area contributed by atoms with Gasteiger partial charge in [-0.3, -0.25) is 4.79 Å². The van der Waals surface area contributed by atoms with Crippen LogP contribution in [0.1, 0.15) is 44.1 Å². The molecule has 0 bridgehead atoms. The number of nitriles is 1. The van der Waals surface area contributed by atoms with E-state index >= 15 is 0 Å². The molecule has 96 valence electrons. The van der Waals surface area contributed by atoms with Crippen molar-refractivity contribution in [1.82, 2.24) is 0 Å². The molecule has 0 aliphatic rings. The highest BCUT2D eigenvalue weighted by atomic mass is 16.4. The Morgan fingerprint density at radius 1 is 1.39 bits per heavy atom. The average Bonchev–Trinajstić information content (AvgIpc) is 2.40. The van der Waals surface area contributed by atoms with Crippen LogP contribution in [0.5, 0.6) is 0 Å². The van der Waals surface area contributed by atoms with Crippen LogP contribution in [0.3, 0.4) is 0 Å². The Morgan fingerprint density at radius 2 is 2.06 bits per heavy atom. The molecule has 0 saturated heterocycles. The minimum absolute atomic E-state index is 0.134. The van der Waals surface area contributed by atoms with E-state index in [9.17, 15) is 10.1 Å². The van der Waals surface area contributed by atoms with E-state index in [1.54, 1.807) is 0 Å². The van der Waals surface area contributed by atoms with Crippen LogP contribution in [0.15, 0.2) is 30.3 Å². The van der Waals surface area contributed by atoms with E-state index in [0.29, 0.717) is 12.3 Å². The molecular formula is C15H19NO2. The van der Waals surface area contributed by atoms with Gasteiger partial charge in [0.1, 0.15) is 0 Å². The summed E-state index contributed by atoms with van der Waals surface area (Å²) in [6.07, 6.45) is 2.49. The van der Waals surface area contributed by atoms with E-state index < -0.39 is 5.97 Å². The van der Waals surface area contributed by atoms with E-state index in [0.717, 1.165) is 18.4 Å². The van der Waals surface area contributed by atoms with Gasteiger partial charge in [0.05, 0.1) is 12.0 Å². The Bertz CT molecular complexity index is 408. The van der Waals surface area contributed by atoms with Crippen molar-refractivity contribution in [2.45, 2.75) is 38.5 Å². The number of rotatable bonds is 7. The molecule has 1 aromatic rings. The van der Waals surface area contributed by atoms with Crippen LogP contribution >= 0.6 is 0 Å². The summed E-state index contributed by atoms with van der Waals surface area (Å²) in [7, 11) is 0. The summed E-state index contributed by atoms with van der Waals surface area (Å²) in [5.74, 6) is -0.599. The third kappa shape index (κ3) is 4.58. The van der Waals surface area contributed by atoms with Gasteiger partial charge in [-0.2, -0.15) is 5.26 Å². The Morgan fingerprint density at radius 3 is 2.56 bits per heavy atom. The van der Waals surface area contributed by atoms with Crippen molar-refractivity contribution in [2.24, 2.45) is 5.92 Å². The Balaban J connectivity index is 2.61. The molecule has 1 aromatic carbocycles. The van der Waals surface area contributed by atoms with Crippen molar-refractivity contribution in [3.8, 4) is 6.07 Å². The molecule has 0 spiro atoms. The summed E-state index contributed by atoms with van der Waals surface area (Å²) >= 11 is 0. The number of benzene rings is 1. The maximum atomic E-state index is 10.6. The van der Waals surface area contributed by atoms with Gasteiger partial charge < -0.3 is 5.11 Å². The zero-order valence-corrected chi connectivity index (χ0v) is 10.7.